The predicted octanol–water partition coefficient (Wildman–Crippen LogP) is 2.47. The Balaban J connectivity index is 2.31. The second-order valence-electron chi connectivity index (χ2n) is 2.32. The SMILES string of the molecule is C=C=CC1CCSCC1. The monoisotopic (exact) mass is 140 g/mol. The van der Waals surface area contributed by atoms with Crippen LogP contribution in [0.5, 0.6) is 0 Å². The van der Waals surface area contributed by atoms with E-state index in [1.165, 1.54) is 24.3 Å². The van der Waals surface area contributed by atoms with Crippen LogP contribution in [-0.4, -0.2) is 11.5 Å². The van der Waals surface area contributed by atoms with Crippen LogP contribution in [0.1, 0.15) is 12.8 Å². The van der Waals surface area contributed by atoms with Crippen LogP contribution >= 0.6 is 11.8 Å². The standard InChI is InChI=1S/C8H12S/c1-2-3-8-4-6-9-7-5-8/h3,8H,1,4-7H2. The highest BCUT2D eigenvalue weighted by Crippen LogP contribution is 2.22. The molecule has 0 radical (unpaired) electrons. The van der Waals surface area contributed by atoms with Gasteiger partial charge in [-0.2, -0.15) is 11.8 Å². The maximum absolute atomic E-state index is 3.57. The first-order chi connectivity index (χ1) is 4.43. The third-order valence-corrected chi connectivity index (χ3v) is 2.67. The van der Waals surface area contributed by atoms with Crippen LogP contribution in [0.4, 0.5) is 0 Å². The quantitative estimate of drug-likeness (QED) is 0.504. The molecule has 1 rings (SSSR count). The van der Waals surface area contributed by atoms with E-state index in [0.717, 1.165) is 5.92 Å². The first-order valence-corrected chi connectivity index (χ1v) is 4.52. The molecular formula is C8H12S. The predicted molar refractivity (Wildman–Crippen MR) is 43.8 cm³/mol. The molecule has 1 heteroatoms. The molecule has 0 aliphatic carbocycles. The summed E-state index contributed by atoms with van der Waals surface area (Å²) in [6.07, 6.45) is 4.76. The van der Waals surface area contributed by atoms with Crippen molar-refractivity contribution in [1.82, 2.24) is 0 Å². The van der Waals surface area contributed by atoms with E-state index in [0.29, 0.717) is 0 Å². The largest absolute Gasteiger partial charge is 0.162 e. The molecule has 0 nitrogen and oxygen atoms in total. The van der Waals surface area contributed by atoms with Crippen molar-refractivity contribution in [3.05, 3.63) is 18.4 Å². The van der Waals surface area contributed by atoms with Gasteiger partial charge in [0.15, 0.2) is 0 Å². The van der Waals surface area contributed by atoms with Gasteiger partial charge in [-0.05, 0) is 36.3 Å². The molecule has 0 aromatic rings. The first kappa shape index (κ1) is 6.98. The molecule has 0 aromatic carbocycles. The van der Waals surface area contributed by atoms with Gasteiger partial charge in [0, 0.05) is 0 Å². The van der Waals surface area contributed by atoms with Gasteiger partial charge in [0.2, 0.25) is 0 Å². The van der Waals surface area contributed by atoms with Gasteiger partial charge in [-0.1, -0.05) is 6.58 Å². The molecule has 1 saturated heterocycles. The van der Waals surface area contributed by atoms with Gasteiger partial charge >= 0.3 is 0 Å². The average Bonchev–Trinajstić information content (AvgIpc) is 1.91. The molecule has 0 N–H and O–H groups in total. The van der Waals surface area contributed by atoms with Crippen molar-refractivity contribution < 1.29 is 0 Å². The Kier molecular flexibility index (Phi) is 2.96. The molecule has 50 valence electrons. The van der Waals surface area contributed by atoms with E-state index >= 15 is 0 Å². The fourth-order valence-corrected chi connectivity index (χ4v) is 2.19. The maximum Gasteiger partial charge on any atom is -0.00617 e. The zero-order valence-corrected chi connectivity index (χ0v) is 6.41. The van der Waals surface area contributed by atoms with Gasteiger partial charge in [-0.3, -0.25) is 0 Å². The Morgan fingerprint density at radius 2 is 2.11 bits per heavy atom. The molecule has 0 amide bonds. The average molecular weight is 140 g/mol. The molecule has 0 spiro atoms. The zero-order valence-electron chi connectivity index (χ0n) is 5.60. The summed E-state index contributed by atoms with van der Waals surface area (Å²) in [6.45, 7) is 3.57. The van der Waals surface area contributed by atoms with Crippen molar-refractivity contribution in [3.8, 4) is 0 Å². The second kappa shape index (κ2) is 3.81. The Labute approximate surface area is 61.0 Å². The van der Waals surface area contributed by atoms with Crippen molar-refractivity contribution in [2.75, 3.05) is 11.5 Å². The van der Waals surface area contributed by atoms with Crippen LogP contribution in [0.2, 0.25) is 0 Å². The van der Waals surface area contributed by atoms with Crippen molar-refractivity contribution >= 4 is 11.8 Å². The van der Waals surface area contributed by atoms with Gasteiger partial charge in [0.1, 0.15) is 0 Å². The molecule has 1 fully saturated rings. The maximum atomic E-state index is 3.57. The summed E-state index contributed by atoms with van der Waals surface area (Å²) in [4.78, 5) is 0. The van der Waals surface area contributed by atoms with Gasteiger partial charge in [-0.25, -0.2) is 0 Å². The summed E-state index contributed by atoms with van der Waals surface area (Å²) in [6, 6.07) is 0. The lowest BCUT2D eigenvalue weighted by molar-refractivity contribution is 0.603. The minimum absolute atomic E-state index is 0.781. The van der Waals surface area contributed by atoms with E-state index < -0.39 is 0 Å². The molecule has 0 aromatic heterocycles. The lowest BCUT2D eigenvalue weighted by Gasteiger charge is -2.16. The number of hydrogen-bond donors (Lipinski definition) is 0. The van der Waals surface area contributed by atoms with Crippen LogP contribution in [-0.2, 0) is 0 Å². The second-order valence-corrected chi connectivity index (χ2v) is 3.55. The van der Waals surface area contributed by atoms with E-state index in [-0.39, 0.29) is 0 Å². The minimum atomic E-state index is 0.781. The molecule has 0 saturated carbocycles. The van der Waals surface area contributed by atoms with Crippen LogP contribution in [0, 0.1) is 5.92 Å². The highest BCUT2D eigenvalue weighted by Gasteiger charge is 2.09. The Hall–Kier alpha value is -0.130. The van der Waals surface area contributed by atoms with Crippen molar-refractivity contribution in [2.24, 2.45) is 5.92 Å². The van der Waals surface area contributed by atoms with E-state index in [4.69, 9.17) is 0 Å². The van der Waals surface area contributed by atoms with E-state index in [2.05, 4.69) is 30.1 Å². The number of allylic oxidation sites excluding steroid dienone is 1. The summed E-state index contributed by atoms with van der Waals surface area (Å²) in [5.41, 5.74) is 2.85. The third-order valence-electron chi connectivity index (χ3n) is 1.62. The lowest BCUT2D eigenvalue weighted by Crippen LogP contribution is -2.05. The highest BCUT2D eigenvalue weighted by atomic mass is 32.2. The molecule has 0 unspecified atom stereocenters. The fraction of sp³-hybridized carbons (Fsp3) is 0.625. The van der Waals surface area contributed by atoms with E-state index in [1.54, 1.807) is 0 Å². The van der Waals surface area contributed by atoms with Gasteiger partial charge in [-0.15, -0.1) is 5.73 Å². The van der Waals surface area contributed by atoms with Gasteiger partial charge < -0.3 is 0 Å². The van der Waals surface area contributed by atoms with Crippen molar-refractivity contribution in [1.29, 1.82) is 0 Å². The van der Waals surface area contributed by atoms with Crippen LogP contribution < -0.4 is 0 Å². The van der Waals surface area contributed by atoms with Crippen LogP contribution in [0.15, 0.2) is 18.4 Å². The Bertz CT molecular complexity index is 117. The molecule has 1 aliphatic heterocycles. The first-order valence-electron chi connectivity index (χ1n) is 3.37. The summed E-state index contributed by atoms with van der Waals surface area (Å²) < 4.78 is 0. The smallest absolute Gasteiger partial charge is 0.00617 e. The fourth-order valence-electron chi connectivity index (χ4n) is 1.05. The molecule has 1 heterocycles. The number of hydrogen-bond acceptors (Lipinski definition) is 1. The number of rotatable bonds is 1. The molecule has 1 aliphatic rings. The lowest BCUT2D eigenvalue weighted by atomic mass is 10.0. The normalized spacial score (nSPS) is 20.9. The molecular weight excluding hydrogens is 128 g/mol. The van der Waals surface area contributed by atoms with Crippen LogP contribution in [0.3, 0.4) is 0 Å². The Morgan fingerprint density at radius 1 is 1.44 bits per heavy atom. The summed E-state index contributed by atoms with van der Waals surface area (Å²) in [5, 5.41) is 0. The van der Waals surface area contributed by atoms with Crippen molar-refractivity contribution in [2.45, 2.75) is 12.8 Å². The van der Waals surface area contributed by atoms with Gasteiger partial charge in [0.25, 0.3) is 0 Å². The Morgan fingerprint density at radius 3 is 2.67 bits per heavy atom. The van der Waals surface area contributed by atoms with E-state index in [1.807, 2.05) is 0 Å². The summed E-state index contributed by atoms with van der Waals surface area (Å²) in [5.74, 6) is 3.43. The molecule has 0 atom stereocenters. The summed E-state index contributed by atoms with van der Waals surface area (Å²) >= 11 is 2.06. The van der Waals surface area contributed by atoms with Gasteiger partial charge in [0.05, 0.1) is 0 Å². The van der Waals surface area contributed by atoms with E-state index in [9.17, 15) is 0 Å². The topological polar surface area (TPSA) is 0 Å². The minimum Gasteiger partial charge on any atom is -0.162 e. The highest BCUT2D eigenvalue weighted by molar-refractivity contribution is 7.99. The summed E-state index contributed by atoms with van der Waals surface area (Å²) in [7, 11) is 0. The van der Waals surface area contributed by atoms with Crippen LogP contribution in [0.25, 0.3) is 0 Å². The molecule has 9 heavy (non-hydrogen) atoms. The van der Waals surface area contributed by atoms with Crippen molar-refractivity contribution in [3.63, 3.8) is 0 Å². The third kappa shape index (κ3) is 2.30. The number of thioether (sulfide) groups is 1. The molecule has 0 bridgehead atoms. The zero-order chi connectivity index (χ0) is 6.53.